The molecule has 0 saturated heterocycles. The Bertz CT molecular complexity index is 905. The lowest BCUT2D eigenvalue weighted by Crippen LogP contribution is -2.35. The maximum atomic E-state index is 12.4. The van der Waals surface area contributed by atoms with E-state index in [0.717, 1.165) is 56.9 Å². The van der Waals surface area contributed by atoms with Crippen LogP contribution in [0.5, 0.6) is 0 Å². The van der Waals surface area contributed by atoms with Gasteiger partial charge in [-0.1, -0.05) is 48.9 Å². The molecule has 0 aromatic heterocycles. The first-order chi connectivity index (χ1) is 14.3. The molecule has 0 heterocycles. The summed E-state index contributed by atoms with van der Waals surface area (Å²) >= 11 is 0. The van der Waals surface area contributed by atoms with Gasteiger partial charge in [0, 0.05) is 18.9 Å². The number of amides is 1. The van der Waals surface area contributed by atoms with Gasteiger partial charge in [0.05, 0.1) is 0 Å². The average Bonchev–Trinajstić information content (AvgIpc) is 2.71. The highest BCUT2D eigenvalue weighted by molar-refractivity contribution is 5.67. The normalized spacial score (nSPS) is 18.4. The Balaban J connectivity index is 1.40. The molecule has 2 aromatic carbocycles. The summed E-state index contributed by atoms with van der Waals surface area (Å²) in [7, 11) is 0. The number of ether oxygens (including phenoxy) is 1. The van der Waals surface area contributed by atoms with E-state index in [1.165, 1.54) is 22.3 Å². The van der Waals surface area contributed by atoms with Crippen LogP contribution in [0.1, 0.15) is 59.9 Å². The van der Waals surface area contributed by atoms with Crippen molar-refractivity contribution >= 4 is 6.09 Å². The molecular formula is C26H29NO2. The molecule has 4 bridgehead atoms. The van der Waals surface area contributed by atoms with Crippen molar-refractivity contribution in [2.24, 2.45) is 0 Å². The number of carbonyl (C=O) groups excluding carboxylic acids is 1. The third-order valence-electron chi connectivity index (χ3n) is 5.94. The van der Waals surface area contributed by atoms with Crippen LogP contribution in [0.25, 0.3) is 0 Å². The van der Waals surface area contributed by atoms with Crippen molar-refractivity contribution in [1.82, 2.24) is 5.32 Å². The molecule has 1 unspecified atom stereocenters. The van der Waals surface area contributed by atoms with Crippen molar-refractivity contribution in [3.8, 4) is 11.8 Å². The molecule has 1 amide bonds. The molecule has 0 spiro atoms. The number of aryl methyl sites for hydroxylation is 4. The summed E-state index contributed by atoms with van der Waals surface area (Å²) in [6.45, 7) is 0.324. The van der Waals surface area contributed by atoms with Gasteiger partial charge >= 0.3 is 6.09 Å². The van der Waals surface area contributed by atoms with Crippen LogP contribution < -0.4 is 5.32 Å². The maximum Gasteiger partial charge on any atom is 0.407 e. The molecule has 3 heteroatoms. The molecule has 0 saturated carbocycles. The van der Waals surface area contributed by atoms with E-state index in [1.54, 1.807) is 0 Å². The first-order valence-corrected chi connectivity index (χ1v) is 10.8. The van der Waals surface area contributed by atoms with E-state index < -0.39 is 0 Å². The Labute approximate surface area is 173 Å². The van der Waals surface area contributed by atoms with Crippen LogP contribution in [0.3, 0.4) is 0 Å². The van der Waals surface area contributed by atoms with Crippen molar-refractivity contribution < 1.29 is 9.53 Å². The van der Waals surface area contributed by atoms with Crippen molar-refractivity contribution in [2.45, 2.75) is 70.4 Å². The van der Waals surface area contributed by atoms with Gasteiger partial charge in [-0.3, -0.25) is 0 Å². The van der Waals surface area contributed by atoms with Crippen LogP contribution in [-0.2, 0) is 37.0 Å². The van der Waals surface area contributed by atoms with Crippen molar-refractivity contribution in [1.29, 1.82) is 0 Å². The Kier molecular flexibility index (Phi) is 6.52. The molecule has 1 N–H and O–H groups in total. The molecule has 7 rings (SSSR count). The smallest absolute Gasteiger partial charge is 0.407 e. The van der Waals surface area contributed by atoms with E-state index in [1.807, 2.05) is 0 Å². The predicted molar refractivity (Wildman–Crippen MR) is 116 cm³/mol. The number of benzene rings is 2. The molecule has 2 aromatic rings. The zero-order valence-corrected chi connectivity index (χ0v) is 17.0. The molecule has 29 heavy (non-hydrogen) atoms. The van der Waals surface area contributed by atoms with Crippen LogP contribution in [-0.4, -0.2) is 12.1 Å². The fourth-order valence-electron chi connectivity index (χ4n) is 4.12. The lowest BCUT2D eigenvalue weighted by molar-refractivity contribution is 0.134. The quantitative estimate of drug-likeness (QED) is 0.741. The largest absolute Gasteiger partial charge is 0.445 e. The second kappa shape index (κ2) is 9.65. The van der Waals surface area contributed by atoms with Gasteiger partial charge in [0.15, 0.2) is 0 Å². The number of carbonyl (C=O) groups is 1. The van der Waals surface area contributed by atoms with Crippen LogP contribution in [0, 0.1) is 11.8 Å². The Morgan fingerprint density at radius 1 is 0.931 bits per heavy atom. The number of alkyl carbamates (subject to hydrolysis) is 1. The highest BCUT2D eigenvalue weighted by atomic mass is 16.5. The van der Waals surface area contributed by atoms with Crippen molar-refractivity contribution in [3.05, 3.63) is 70.3 Å². The van der Waals surface area contributed by atoms with Gasteiger partial charge in [0.25, 0.3) is 0 Å². The van der Waals surface area contributed by atoms with Gasteiger partial charge < -0.3 is 10.1 Å². The first-order valence-electron chi connectivity index (χ1n) is 10.8. The summed E-state index contributed by atoms with van der Waals surface area (Å²) in [5, 5.41) is 3.01. The number of hydrogen-bond donors (Lipinski definition) is 1. The lowest BCUT2D eigenvalue weighted by Gasteiger charge is -2.18. The van der Waals surface area contributed by atoms with E-state index in [9.17, 15) is 4.79 Å². The third kappa shape index (κ3) is 5.64. The molecule has 0 fully saturated rings. The standard InChI is InChI=1S/C26H29NO2/c28-26(27-25-6-4-2-1-3-5-7-25)29-19-24-18-22-13-12-20-8-10-21(11-9-20)14-16-23(24)17-15-22/h8-11,15,17-18,25H,1-2,4,6-7,12-14,16,19H2,(H,27,28). The van der Waals surface area contributed by atoms with E-state index in [2.05, 4.69) is 59.6 Å². The van der Waals surface area contributed by atoms with E-state index >= 15 is 0 Å². The fourth-order valence-corrected chi connectivity index (χ4v) is 4.12. The van der Waals surface area contributed by atoms with E-state index in [4.69, 9.17) is 4.74 Å². The molecule has 1 atom stereocenters. The van der Waals surface area contributed by atoms with Crippen LogP contribution in [0.2, 0.25) is 0 Å². The Hall–Kier alpha value is -2.73. The van der Waals surface area contributed by atoms with Crippen LogP contribution in [0.15, 0.2) is 42.5 Å². The van der Waals surface area contributed by atoms with Crippen molar-refractivity contribution in [2.75, 3.05) is 0 Å². The van der Waals surface area contributed by atoms with Crippen LogP contribution in [0.4, 0.5) is 4.79 Å². The topological polar surface area (TPSA) is 38.3 Å². The average molecular weight is 388 g/mol. The SMILES string of the molecule is O=C(NC1CC#CCCCC1)OCc1cc2ccc1CCc1ccc(cc1)CC2. The summed E-state index contributed by atoms with van der Waals surface area (Å²) in [5.41, 5.74) is 6.42. The van der Waals surface area contributed by atoms with Gasteiger partial charge in [-0.2, -0.15) is 0 Å². The van der Waals surface area contributed by atoms with Gasteiger partial charge in [0.1, 0.15) is 6.61 Å². The highest BCUT2D eigenvalue weighted by Gasteiger charge is 2.14. The zero-order chi connectivity index (χ0) is 19.9. The van der Waals surface area contributed by atoms with Gasteiger partial charge in [-0.05, 0) is 66.3 Å². The van der Waals surface area contributed by atoms with Gasteiger partial charge in [-0.25, -0.2) is 4.79 Å². The predicted octanol–water partition coefficient (Wildman–Crippen LogP) is 5.13. The number of nitrogens with one attached hydrogen (secondary N) is 1. The molecule has 150 valence electrons. The number of hydrogen-bond acceptors (Lipinski definition) is 2. The van der Waals surface area contributed by atoms with Gasteiger partial charge in [-0.15, -0.1) is 11.8 Å². The van der Waals surface area contributed by atoms with Crippen LogP contribution >= 0.6 is 0 Å². The number of rotatable bonds is 3. The molecule has 3 nitrogen and oxygen atoms in total. The van der Waals surface area contributed by atoms with E-state index in [-0.39, 0.29) is 12.1 Å². The minimum absolute atomic E-state index is 0.0986. The first kappa shape index (κ1) is 19.6. The molecule has 5 aliphatic carbocycles. The second-order valence-electron chi connectivity index (χ2n) is 8.14. The Morgan fingerprint density at radius 3 is 2.48 bits per heavy atom. The summed E-state index contributed by atoms with van der Waals surface area (Å²) in [6.07, 6.45) is 8.54. The summed E-state index contributed by atoms with van der Waals surface area (Å²) in [4.78, 5) is 12.4. The summed E-state index contributed by atoms with van der Waals surface area (Å²) in [6, 6.07) is 15.7. The summed E-state index contributed by atoms with van der Waals surface area (Å²) < 4.78 is 5.62. The molecule has 0 radical (unpaired) electrons. The zero-order valence-electron chi connectivity index (χ0n) is 17.0. The maximum absolute atomic E-state index is 12.4. The summed E-state index contributed by atoms with van der Waals surface area (Å²) in [5.74, 6) is 6.32. The van der Waals surface area contributed by atoms with Gasteiger partial charge in [0.2, 0.25) is 0 Å². The molecule has 0 aliphatic heterocycles. The molecular weight excluding hydrogens is 358 g/mol. The monoisotopic (exact) mass is 387 g/mol. The Morgan fingerprint density at radius 2 is 1.66 bits per heavy atom. The minimum atomic E-state index is -0.329. The van der Waals surface area contributed by atoms with Crippen molar-refractivity contribution in [3.63, 3.8) is 0 Å². The fraction of sp³-hybridized carbons (Fsp3) is 0.423. The lowest BCUT2D eigenvalue weighted by atomic mass is 9.93. The third-order valence-corrected chi connectivity index (χ3v) is 5.94. The highest BCUT2D eigenvalue weighted by Crippen LogP contribution is 2.20. The minimum Gasteiger partial charge on any atom is -0.445 e. The van der Waals surface area contributed by atoms with E-state index in [0.29, 0.717) is 13.0 Å². The second-order valence-corrected chi connectivity index (χ2v) is 8.14. The molecule has 5 aliphatic rings.